The van der Waals surface area contributed by atoms with Gasteiger partial charge in [0.05, 0.1) is 0 Å². The highest BCUT2D eigenvalue weighted by Gasteiger charge is 2.68. The Morgan fingerprint density at radius 3 is 2.37 bits per heavy atom. The van der Waals surface area contributed by atoms with Crippen LogP contribution in [-0.4, -0.2) is 11.7 Å². The van der Waals surface area contributed by atoms with E-state index in [1.54, 1.807) is 6.92 Å². The molecule has 4 saturated carbocycles. The molecular formula is C29H46O. The minimum Gasteiger partial charge on any atom is -0.396 e. The molecule has 168 valence electrons. The molecule has 0 amide bonds. The van der Waals surface area contributed by atoms with Crippen molar-refractivity contribution < 1.29 is 5.11 Å². The van der Waals surface area contributed by atoms with Crippen LogP contribution in [0.1, 0.15) is 98.8 Å². The topological polar surface area (TPSA) is 20.2 Å². The van der Waals surface area contributed by atoms with Crippen LogP contribution >= 0.6 is 0 Å². The van der Waals surface area contributed by atoms with E-state index in [4.69, 9.17) is 0 Å². The van der Waals surface area contributed by atoms with Gasteiger partial charge < -0.3 is 5.11 Å². The van der Waals surface area contributed by atoms with E-state index in [1.807, 2.05) is 0 Å². The maximum absolute atomic E-state index is 10.3. The molecule has 0 heterocycles. The third-order valence-electron chi connectivity index (χ3n) is 11.8. The number of rotatable bonds is 1. The van der Waals surface area contributed by atoms with Crippen LogP contribution < -0.4 is 0 Å². The Labute approximate surface area is 186 Å². The predicted molar refractivity (Wildman–Crippen MR) is 127 cm³/mol. The van der Waals surface area contributed by atoms with E-state index >= 15 is 0 Å². The number of allylic oxidation sites excluding steroid dienone is 2. The first-order valence-corrected chi connectivity index (χ1v) is 12.9. The van der Waals surface area contributed by atoms with E-state index in [0.717, 1.165) is 29.6 Å². The molecule has 8 unspecified atom stereocenters. The highest BCUT2D eigenvalue weighted by Crippen LogP contribution is 2.75. The van der Waals surface area contributed by atoms with E-state index in [1.165, 1.54) is 64.2 Å². The van der Waals surface area contributed by atoms with Gasteiger partial charge in [0.2, 0.25) is 0 Å². The lowest BCUT2D eigenvalue weighted by Crippen LogP contribution is -2.64. The zero-order valence-corrected chi connectivity index (χ0v) is 20.3. The highest BCUT2D eigenvalue weighted by molar-refractivity contribution is 5.19. The second-order valence-corrected chi connectivity index (χ2v) is 12.5. The number of terminal acetylenes is 1. The molecule has 1 N–H and O–H groups in total. The van der Waals surface area contributed by atoms with Gasteiger partial charge in [-0.05, 0) is 116 Å². The van der Waals surface area contributed by atoms with Crippen molar-refractivity contribution in [2.24, 2.45) is 51.2 Å². The molecule has 5 aliphatic carbocycles. The molecule has 1 heteroatoms. The van der Waals surface area contributed by atoms with Gasteiger partial charge in [-0.15, -0.1) is 12.3 Å². The normalized spacial score (nSPS) is 53.8. The molecule has 0 aromatic rings. The van der Waals surface area contributed by atoms with Crippen molar-refractivity contribution in [2.75, 3.05) is 6.61 Å². The zero-order chi connectivity index (χ0) is 21.8. The van der Waals surface area contributed by atoms with Crippen molar-refractivity contribution in [3.63, 3.8) is 0 Å². The third kappa shape index (κ3) is 2.85. The van der Waals surface area contributed by atoms with Gasteiger partial charge in [-0.3, -0.25) is 0 Å². The largest absolute Gasteiger partial charge is 0.396 e. The van der Waals surface area contributed by atoms with Gasteiger partial charge in [-0.25, -0.2) is 0 Å². The Balaban J connectivity index is 0.000000687. The summed E-state index contributed by atoms with van der Waals surface area (Å²) in [5.41, 5.74) is 1.78. The summed E-state index contributed by atoms with van der Waals surface area (Å²) >= 11 is 0. The third-order valence-corrected chi connectivity index (χ3v) is 11.8. The molecule has 0 aromatic carbocycles. The van der Waals surface area contributed by atoms with E-state index < -0.39 is 0 Å². The van der Waals surface area contributed by atoms with Gasteiger partial charge in [0.1, 0.15) is 0 Å². The van der Waals surface area contributed by atoms with Gasteiger partial charge in [-0.1, -0.05) is 46.3 Å². The first kappa shape index (κ1) is 22.5. The average Bonchev–Trinajstić information content (AvgIpc) is 3.13. The van der Waals surface area contributed by atoms with Crippen LogP contribution in [0.2, 0.25) is 0 Å². The number of aliphatic hydroxyl groups excluding tert-OH is 1. The molecular weight excluding hydrogens is 364 g/mol. The Hall–Kier alpha value is -0.740. The fourth-order valence-corrected chi connectivity index (χ4v) is 10.2. The summed E-state index contributed by atoms with van der Waals surface area (Å²) in [4.78, 5) is 0. The molecule has 4 fully saturated rings. The van der Waals surface area contributed by atoms with Crippen molar-refractivity contribution >= 4 is 0 Å². The lowest BCUT2D eigenvalue weighted by atomic mass is 9.34. The summed E-state index contributed by atoms with van der Waals surface area (Å²) in [5, 5.41) is 10.3. The Kier molecular flexibility index (Phi) is 5.76. The fraction of sp³-hybridized carbons (Fsp3) is 0.862. The van der Waals surface area contributed by atoms with Crippen LogP contribution in [0.3, 0.4) is 0 Å². The summed E-state index contributed by atoms with van der Waals surface area (Å²) in [6, 6.07) is 0. The number of fused-ring (bicyclic) bond motifs is 7. The van der Waals surface area contributed by atoms with Gasteiger partial charge in [0, 0.05) is 6.61 Å². The van der Waals surface area contributed by atoms with Crippen LogP contribution in [0.4, 0.5) is 0 Å². The lowest BCUT2D eigenvalue weighted by Gasteiger charge is -2.71. The first-order valence-electron chi connectivity index (χ1n) is 12.9. The summed E-state index contributed by atoms with van der Waals surface area (Å²) in [6.07, 6.45) is 23.4. The van der Waals surface area contributed by atoms with Gasteiger partial charge >= 0.3 is 0 Å². The minimum atomic E-state index is 0.288. The Bertz CT molecular complexity index is 716. The molecule has 0 aromatic heterocycles. The smallest absolute Gasteiger partial charge is 0.0490 e. The van der Waals surface area contributed by atoms with Crippen LogP contribution in [0.15, 0.2) is 12.2 Å². The molecule has 0 bridgehead atoms. The summed E-state index contributed by atoms with van der Waals surface area (Å²) in [7, 11) is 0. The highest BCUT2D eigenvalue weighted by atomic mass is 16.3. The summed E-state index contributed by atoms with van der Waals surface area (Å²) in [6.45, 7) is 12.7. The van der Waals surface area contributed by atoms with Crippen molar-refractivity contribution in [1.82, 2.24) is 0 Å². The molecule has 30 heavy (non-hydrogen) atoms. The van der Waals surface area contributed by atoms with E-state index in [9.17, 15) is 5.11 Å². The predicted octanol–water partition coefficient (Wildman–Crippen LogP) is 7.25. The SMILES string of the molecule is C#CC.CC1C=CCC2(C)C1CCC1(C)C2CCC2C3CCCC3(CO)CC[C@]21C. The van der Waals surface area contributed by atoms with Crippen molar-refractivity contribution in [3.05, 3.63) is 12.2 Å². The average molecular weight is 411 g/mol. The van der Waals surface area contributed by atoms with Crippen LogP contribution in [0.25, 0.3) is 0 Å². The second-order valence-electron chi connectivity index (χ2n) is 12.5. The van der Waals surface area contributed by atoms with E-state index in [0.29, 0.717) is 22.9 Å². The molecule has 0 radical (unpaired) electrons. The van der Waals surface area contributed by atoms with Gasteiger partial charge in [0.25, 0.3) is 0 Å². The Morgan fingerprint density at radius 2 is 1.67 bits per heavy atom. The maximum Gasteiger partial charge on any atom is 0.0490 e. The van der Waals surface area contributed by atoms with E-state index in [2.05, 4.69) is 52.2 Å². The Morgan fingerprint density at radius 1 is 0.933 bits per heavy atom. The quantitative estimate of drug-likeness (QED) is 0.356. The first-order chi connectivity index (χ1) is 14.2. The van der Waals surface area contributed by atoms with Crippen molar-refractivity contribution in [3.8, 4) is 12.3 Å². The molecule has 0 saturated heterocycles. The molecule has 1 nitrogen and oxygen atoms in total. The minimum absolute atomic E-state index is 0.288. The maximum atomic E-state index is 10.3. The van der Waals surface area contributed by atoms with Crippen LogP contribution in [-0.2, 0) is 0 Å². The van der Waals surface area contributed by atoms with Crippen LogP contribution in [0, 0.1) is 63.6 Å². The summed E-state index contributed by atoms with van der Waals surface area (Å²) in [5.74, 6) is 6.46. The van der Waals surface area contributed by atoms with Gasteiger partial charge in [-0.2, -0.15) is 0 Å². The molecule has 5 rings (SSSR count). The molecule has 0 spiro atoms. The fourth-order valence-electron chi connectivity index (χ4n) is 10.2. The monoisotopic (exact) mass is 410 g/mol. The standard InChI is InChI=1S/C26H42O.C3H4/c1-18-7-5-12-23(2)19(18)11-14-25(4)22(23)10-9-20-21-8-6-13-26(21,17-27)16-15-24(20,25)3;1-3-2/h5,7,18-22,27H,6,8-17H2,1-4H3;1H,2H3/t18?,19?,20?,21?,22?,23?,24-,25?,26?;/m1./s1. The van der Waals surface area contributed by atoms with Gasteiger partial charge in [0.15, 0.2) is 0 Å². The van der Waals surface area contributed by atoms with Crippen molar-refractivity contribution in [1.29, 1.82) is 0 Å². The number of hydrogen-bond acceptors (Lipinski definition) is 1. The van der Waals surface area contributed by atoms with Crippen molar-refractivity contribution in [2.45, 2.75) is 98.8 Å². The zero-order valence-electron chi connectivity index (χ0n) is 20.3. The second kappa shape index (κ2) is 7.69. The van der Waals surface area contributed by atoms with E-state index in [-0.39, 0.29) is 5.41 Å². The number of hydrogen-bond donors (Lipinski definition) is 1. The summed E-state index contributed by atoms with van der Waals surface area (Å²) < 4.78 is 0. The lowest BCUT2D eigenvalue weighted by molar-refractivity contribution is -0.221. The molecule has 9 atom stereocenters. The number of aliphatic hydroxyl groups is 1. The molecule has 5 aliphatic rings. The van der Waals surface area contributed by atoms with Crippen LogP contribution in [0.5, 0.6) is 0 Å². The molecule has 0 aliphatic heterocycles.